The number of piperazine rings is 1. The minimum absolute atomic E-state index is 0.695. The van der Waals surface area contributed by atoms with Gasteiger partial charge in [0.25, 0.3) is 0 Å². The van der Waals surface area contributed by atoms with Crippen molar-refractivity contribution in [3.8, 4) is 11.6 Å². The third-order valence-electron chi connectivity index (χ3n) is 2.95. The Kier molecular flexibility index (Phi) is 2.56. The van der Waals surface area contributed by atoms with Gasteiger partial charge in [0, 0.05) is 26.2 Å². The highest BCUT2D eigenvalue weighted by atomic mass is 16.3. The molecule has 3 rings (SSSR count). The third-order valence-corrected chi connectivity index (χ3v) is 2.95. The molecule has 2 aromatic rings. The van der Waals surface area contributed by atoms with Gasteiger partial charge in [-0.3, -0.25) is 5.10 Å². The second-order valence-corrected chi connectivity index (χ2v) is 4.15. The Labute approximate surface area is 99.0 Å². The van der Waals surface area contributed by atoms with Crippen molar-refractivity contribution in [3.63, 3.8) is 0 Å². The molecule has 0 unspecified atom stereocenters. The molecule has 1 saturated heterocycles. The summed E-state index contributed by atoms with van der Waals surface area (Å²) in [4.78, 5) is 6.64. The SMILES string of the molecule is Cc1ccoc1-c1nc(N2CCNCC2)n[nH]1. The first kappa shape index (κ1) is 10.3. The molecule has 0 spiro atoms. The molecule has 3 heterocycles. The van der Waals surface area contributed by atoms with Crippen LogP contribution in [0.2, 0.25) is 0 Å². The molecule has 0 amide bonds. The number of nitrogens with zero attached hydrogens (tertiary/aromatic N) is 3. The Hall–Kier alpha value is -1.82. The molecule has 6 heteroatoms. The van der Waals surface area contributed by atoms with Gasteiger partial charge in [-0.2, -0.15) is 4.98 Å². The molecule has 0 radical (unpaired) electrons. The van der Waals surface area contributed by atoms with E-state index >= 15 is 0 Å². The fourth-order valence-electron chi connectivity index (χ4n) is 1.98. The highest BCUT2D eigenvalue weighted by Gasteiger charge is 2.17. The average molecular weight is 233 g/mol. The summed E-state index contributed by atoms with van der Waals surface area (Å²) in [5.41, 5.74) is 1.06. The zero-order valence-corrected chi connectivity index (χ0v) is 9.73. The number of aromatic amines is 1. The number of anilines is 1. The molecule has 0 saturated carbocycles. The molecule has 0 aromatic carbocycles. The maximum Gasteiger partial charge on any atom is 0.245 e. The van der Waals surface area contributed by atoms with Crippen molar-refractivity contribution in [2.75, 3.05) is 31.1 Å². The van der Waals surface area contributed by atoms with Crippen molar-refractivity contribution < 1.29 is 4.42 Å². The summed E-state index contributed by atoms with van der Waals surface area (Å²) < 4.78 is 5.39. The van der Waals surface area contributed by atoms with Crippen LogP contribution in [0.15, 0.2) is 16.7 Å². The molecule has 1 fully saturated rings. The number of aryl methyl sites for hydroxylation is 1. The van der Waals surface area contributed by atoms with Crippen molar-refractivity contribution in [1.29, 1.82) is 0 Å². The molecule has 1 aliphatic rings. The van der Waals surface area contributed by atoms with Crippen LogP contribution in [0, 0.1) is 6.92 Å². The van der Waals surface area contributed by atoms with E-state index in [1.165, 1.54) is 0 Å². The Balaban J connectivity index is 1.85. The summed E-state index contributed by atoms with van der Waals surface area (Å²) in [6, 6.07) is 1.92. The first-order valence-electron chi connectivity index (χ1n) is 5.77. The lowest BCUT2D eigenvalue weighted by Gasteiger charge is -2.25. The van der Waals surface area contributed by atoms with Crippen LogP contribution < -0.4 is 10.2 Å². The molecule has 90 valence electrons. The van der Waals surface area contributed by atoms with Crippen LogP contribution in [0.5, 0.6) is 0 Å². The van der Waals surface area contributed by atoms with E-state index in [-0.39, 0.29) is 0 Å². The van der Waals surface area contributed by atoms with E-state index in [4.69, 9.17) is 4.42 Å². The van der Waals surface area contributed by atoms with E-state index < -0.39 is 0 Å². The molecule has 0 atom stereocenters. The van der Waals surface area contributed by atoms with Crippen molar-refractivity contribution in [1.82, 2.24) is 20.5 Å². The second kappa shape index (κ2) is 4.21. The van der Waals surface area contributed by atoms with Gasteiger partial charge in [-0.25, -0.2) is 0 Å². The van der Waals surface area contributed by atoms with Gasteiger partial charge in [-0.1, -0.05) is 0 Å². The predicted molar refractivity (Wildman–Crippen MR) is 63.9 cm³/mol. The lowest BCUT2D eigenvalue weighted by molar-refractivity contribution is 0.575. The van der Waals surface area contributed by atoms with Crippen molar-refractivity contribution in [2.24, 2.45) is 0 Å². The maximum absolute atomic E-state index is 5.39. The zero-order chi connectivity index (χ0) is 11.7. The van der Waals surface area contributed by atoms with Crippen LogP contribution in [0.4, 0.5) is 5.95 Å². The average Bonchev–Trinajstić information content (AvgIpc) is 2.98. The van der Waals surface area contributed by atoms with Gasteiger partial charge in [0.05, 0.1) is 6.26 Å². The van der Waals surface area contributed by atoms with E-state index in [0.717, 1.165) is 43.5 Å². The van der Waals surface area contributed by atoms with Crippen molar-refractivity contribution >= 4 is 5.95 Å². The monoisotopic (exact) mass is 233 g/mol. The highest BCUT2D eigenvalue weighted by molar-refractivity contribution is 5.53. The van der Waals surface area contributed by atoms with E-state index in [0.29, 0.717) is 5.82 Å². The fraction of sp³-hybridized carbons (Fsp3) is 0.455. The van der Waals surface area contributed by atoms with E-state index in [2.05, 4.69) is 25.4 Å². The standard InChI is InChI=1S/C11H15N5O/c1-8-2-7-17-9(8)10-13-11(15-14-10)16-5-3-12-4-6-16/h2,7,12H,3-6H2,1H3,(H,13,14,15). The third kappa shape index (κ3) is 1.91. The minimum atomic E-state index is 0.695. The zero-order valence-electron chi connectivity index (χ0n) is 9.73. The smallest absolute Gasteiger partial charge is 0.245 e. The summed E-state index contributed by atoms with van der Waals surface area (Å²) in [6.45, 7) is 5.82. The minimum Gasteiger partial charge on any atom is -0.461 e. The van der Waals surface area contributed by atoms with Gasteiger partial charge in [0.1, 0.15) is 0 Å². The molecule has 0 aliphatic carbocycles. The van der Waals surface area contributed by atoms with Gasteiger partial charge < -0.3 is 14.6 Å². The lowest BCUT2D eigenvalue weighted by Crippen LogP contribution is -2.44. The van der Waals surface area contributed by atoms with Gasteiger partial charge in [-0.15, -0.1) is 5.10 Å². The first-order valence-corrected chi connectivity index (χ1v) is 5.77. The van der Waals surface area contributed by atoms with Crippen LogP contribution in [-0.2, 0) is 0 Å². The van der Waals surface area contributed by atoms with Crippen LogP contribution in [0.1, 0.15) is 5.56 Å². The summed E-state index contributed by atoms with van der Waals surface area (Å²) in [6.07, 6.45) is 1.66. The van der Waals surface area contributed by atoms with Crippen LogP contribution in [0.3, 0.4) is 0 Å². The van der Waals surface area contributed by atoms with Crippen LogP contribution in [0.25, 0.3) is 11.6 Å². The predicted octanol–water partition coefficient (Wildman–Crippen LogP) is 0.783. The van der Waals surface area contributed by atoms with Crippen molar-refractivity contribution in [3.05, 3.63) is 17.9 Å². The topological polar surface area (TPSA) is 70.0 Å². The highest BCUT2D eigenvalue weighted by Crippen LogP contribution is 2.22. The van der Waals surface area contributed by atoms with Gasteiger partial charge in [0.2, 0.25) is 5.95 Å². The molecular weight excluding hydrogens is 218 g/mol. The van der Waals surface area contributed by atoms with Crippen LogP contribution >= 0.6 is 0 Å². The summed E-state index contributed by atoms with van der Waals surface area (Å²) in [5.74, 6) is 2.21. The Bertz CT molecular complexity index is 497. The summed E-state index contributed by atoms with van der Waals surface area (Å²) >= 11 is 0. The second-order valence-electron chi connectivity index (χ2n) is 4.15. The number of nitrogens with one attached hydrogen (secondary N) is 2. The quantitative estimate of drug-likeness (QED) is 0.802. The Morgan fingerprint density at radius 1 is 1.35 bits per heavy atom. The number of hydrogen-bond donors (Lipinski definition) is 2. The largest absolute Gasteiger partial charge is 0.461 e. The molecule has 2 N–H and O–H groups in total. The normalized spacial score (nSPS) is 16.4. The van der Waals surface area contributed by atoms with E-state index in [9.17, 15) is 0 Å². The van der Waals surface area contributed by atoms with E-state index in [1.54, 1.807) is 6.26 Å². The van der Waals surface area contributed by atoms with Crippen molar-refractivity contribution in [2.45, 2.75) is 6.92 Å². The molecule has 0 bridgehead atoms. The molecule has 17 heavy (non-hydrogen) atoms. The number of rotatable bonds is 2. The lowest BCUT2D eigenvalue weighted by atomic mass is 10.3. The fourth-order valence-corrected chi connectivity index (χ4v) is 1.98. The van der Waals surface area contributed by atoms with Crippen LogP contribution in [-0.4, -0.2) is 41.4 Å². The van der Waals surface area contributed by atoms with Gasteiger partial charge in [-0.05, 0) is 18.6 Å². The van der Waals surface area contributed by atoms with Gasteiger partial charge >= 0.3 is 0 Å². The number of furan rings is 1. The van der Waals surface area contributed by atoms with Gasteiger partial charge in [0.15, 0.2) is 11.6 Å². The molecule has 2 aromatic heterocycles. The molecular formula is C11H15N5O. The van der Waals surface area contributed by atoms with E-state index in [1.807, 2.05) is 13.0 Å². The number of hydrogen-bond acceptors (Lipinski definition) is 5. The Morgan fingerprint density at radius 2 is 2.18 bits per heavy atom. The number of H-pyrrole nitrogens is 1. The summed E-state index contributed by atoms with van der Waals surface area (Å²) in [7, 11) is 0. The molecule has 6 nitrogen and oxygen atoms in total. The first-order chi connectivity index (χ1) is 8.34. The maximum atomic E-state index is 5.39. The Morgan fingerprint density at radius 3 is 2.88 bits per heavy atom. The number of aromatic nitrogens is 3. The summed E-state index contributed by atoms with van der Waals surface area (Å²) in [5, 5.41) is 10.5. The molecule has 1 aliphatic heterocycles.